The minimum Gasteiger partial charge on any atom is -0.264 e. The molecule has 10 heavy (non-hydrogen) atoms. The number of pyridine rings is 1. The average molecular weight is 223 g/mol. The van der Waals surface area contributed by atoms with Crippen molar-refractivity contribution >= 4 is 28.3 Å². The van der Waals surface area contributed by atoms with Crippen LogP contribution < -0.4 is 0 Å². The van der Waals surface area contributed by atoms with Crippen molar-refractivity contribution in [1.29, 1.82) is 0 Å². The average Bonchev–Trinajstić information content (AvgIpc) is 1.90. The number of halogens is 2. The minimum absolute atomic E-state index is 0. The Balaban J connectivity index is 0.000000810. The second-order valence-corrected chi connectivity index (χ2v) is 3.28. The Hall–Kier alpha value is -0.0800. The quantitative estimate of drug-likeness (QED) is 0.666. The lowest BCUT2D eigenvalue weighted by atomic mass is 10.2. The van der Waals surface area contributed by atoms with Gasteiger partial charge in [0.2, 0.25) is 0 Å². The van der Waals surface area contributed by atoms with E-state index in [4.69, 9.17) is 0 Å². The first-order chi connectivity index (χ1) is 4.30. The van der Waals surface area contributed by atoms with E-state index in [9.17, 15) is 0 Å². The van der Waals surface area contributed by atoms with Gasteiger partial charge in [0.05, 0.1) is 0 Å². The summed E-state index contributed by atoms with van der Waals surface area (Å²) in [6, 6.07) is 3.99. The Kier molecular flexibility index (Phi) is 4.65. The van der Waals surface area contributed by atoms with Crippen molar-refractivity contribution < 1.29 is 0 Å². The van der Waals surface area contributed by atoms with Crippen LogP contribution in [0.5, 0.6) is 0 Å². The zero-order valence-corrected chi connectivity index (χ0v) is 8.02. The topological polar surface area (TPSA) is 12.9 Å². The molecule has 1 heterocycles. The maximum atomic E-state index is 3.98. The lowest BCUT2D eigenvalue weighted by Gasteiger charge is -1.98. The SMILES string of the molecule is CC(Br)c1cccnc1.Cl. The van der Waals surface area contributed by atoms with Crippen LogP contribution in [0.2, 0.25) is 0 Å². The second-order valence-electron chi connectivity index (χ2n) is 1.90. The van der Waals surface area contributed by atoms with Gasteiger partial charge in [-0.1, -0.05) is 22.0 Å². The van der Waals surface area contributed by atoms with E-state index in [1.807, 2.05) is 18.3 Å². The maximum absolute atomic E-state index is 3.98. The second kappa shape index (κ2) is 4.69. The summed E-state index contributed by atoms with van der Waals surface area (Å²) in [4.78, 5) is 4.38. The Morgan fingerprint density at radius 3 is 2.60 bits per heavy atom. The van der Waals surface area contributed by atoms with Gasteiger partial charge in [-0.2, -0.15) is 0 Å². The molecule has 0 aliphatic heterocycles. The molecule has 1 unspecified atom stereocenters. The van der Waals surface area contributed by atoms with E-state index < -0.39 is 0 Å². The molecule has 0 spiro atoms. The summed E-state index contributed by atoms with van der Waals surface area (Å²) in [5, 5.41) is 0. The fourth-order valence-electron chi connectivity index (χ4n) is 0.611. The third kappa shape index (κ3) is 2.67. The van der Waals surface area contributed by atoms with Crippen LogP contribution in [0.4, 0.5) is 0 Å². The molecule has 3 heteroatoms. The number of hydrogen-bond donors (Lipinski definition) is 0. The molecular weight excluding hydrogens is 213 g/mol. The van der Waals surface area contributed by atoms with E-state index in [0.29, 0.717) is 4.83 Å². The molecule has 0 aliphatic carbocycles. The molecule has 0 aromatic carbocycles. The van der Waals surface area contributed by atoms with Crippen LogP contribution in [-0.4, -0.2) is 4.98 Å². The predicted molar refractivity (Wildman–Crippen MR) is 48.8 cm³/mol. The monoisotopic (exact) mass is 221 g/mol. The summed E-state index contributed by atoms with van der Waals surface area (Å²) in [5.74, 6) is 0. The normalized spacial score (nSPS) is 11.8. The van der Waals surface area contributed by atoms with Crippen LogP contribution in [0, 0.1) is 0 Å². The summed E-state index contributed by atoms with van der Waals surface area (Å²) in [6.07, 6.45) is 3.64. The van der Waals surface area contributed by atoms with Crippen molar-refractivity contribution in [1.82, 2.24) is 4.98 Å². The molecule has 0 saturated heterocycles. The van der Waals surface area contributed by atoms with Gasteiger partial charge in [0.1, 0.15) is 0 Å². The summed E-state index contributed by atoms with van der Waals surface area (Å²) >= 11 is 3.44. The van der Waals surface area contributed by atoms with Crippen LogP contribution in [0.3, 0.4) is 0 Å². The molecule has 1 nitrogen and oxygen atoms in total. The first-order valence-corrected chi connectivity index (χ1v) is 3.76. The highest BCUT2D eigenvalue weighted by atomic mass is 79.9. The molecule has 1 rings (SSSR count). The Labute approximate surface area is 75.4 Å². The molecule has 0 saturated carbocycles. The van der Waals surface area contributed by atoms with Gasteiger partial charge >= 0.3 is 0 Å². The molecule has 0 aliphatic rings. The van der Waals surface area contributed by atoms with Crippen molar-refractivity contribution in [2.24, 2.45) is 0 Å². The standard InChI is InChI=1S/C7H8BrN.ClH/c1-6(8)7-3-2-4-9-5-7;/h2-6H,1H3;1H. The molecule has 56 valence electrons. The summed E-state index contributed by atoms with van der Waals surface area (Å²) < 4.78 is 0. The van der Waals surface area contributed by atoms with Crippen LogP contribution in [0.15, 0.2) is 24.5 Å². The fraction of sp³-hybridized carbons (Fsp3) is 0.286. The molecule has 0 N–H and O–H groups in total. The fourth-order valence-corrected chi connectivity index (χ4v) is 0.882. The number of nitrogens with zero attached hydrogens (tertiary/aromatic N) is 1. The number of hydrogen-bond acceptors (Lipinski definition) is 1. The maximum Gasteiger partial charge on any atom is 0.0382 e. The van der Waals surface area contributed by atoms with Gasteiger partial charge in [-0.3, -0.25) is 4.98 Å². The molecule has 1 aromatic heterocycles. The number of aromatic nitrogens is 1. The van der Waals surface area contributed by atoms with E-state index in [0.717, 1.165) is 0 Å². The van der Waals surface area contributed by atoms with E-state index in [1.54, 1.807) is 6.20 Å². The van der Waals surface area contributed by atoms with Crippen molar-refractivity contribution in [3.63, 3.8) is 0 Å². The smallest absolute Gasteiger partial charge is 0.0382 e. The van der Waals surface area contributed by atoms with Crippen LogP contribution >= 0.6 is 28.3 Å². The van der Waals surface area contributed by atoms with Crippen LogP contribution in [0.1, 0.15) is 17.3 Å². The highest BCUT2D eigenvalue weighted by Gasteiger charge is 1.96. The van der Waals surface area contributed by atoms with E-state index in [1.165, 1.54) is 5.56 Å². The summed E-state index contributed by atoms with van der Waals surface area (Å²) in [6.45, 7) is 2.08. The Morgan fingerprint density at radius 2 is 2.30 bits per heavy atom. The third-order valence-electron chi connectivity index (χ3n) is 1.14. The zero-order valence-electron chi connectivity index (χ0n) is 5.62. The zero-order chi connectivity index (χ0) is 6.69. The van der Waals surface area contributed by atoms with E-state index in [2.05, 4.69) is 27.8 Å². The summed E-state index contributed by atoms with van der Waals surface area (Å²) in [7, 11) is 0. The van der Waals surface area contributed by atoms with Crippen LogP contribution in [0.25, 0.3) is 0 Å². The molecule has 1 atom stereocenters. The largest absolute Gasteiger partial charge is 0.264 e. The predicted octanol–water partition coefficient (Wildman–Crippen LogP) is 2.96. The Morgan fingerprint density at radius 1 is 1.60 bits per heavy atom. The minimum atomic E-state index is 0. The lowest BCUT2D eigenvalue weighted by molar-refractivity contribution is 1.09. The summed E-state index contributed by atoms with van der Waals surface area (Å²) in [5.41, 5.74) is 1.22. The van der Waals surface area contributed by atoms with Gasteiger partial charge in [0, 0.05) is 17.2 Å². The molecule has 0 amide bonds. The van der Waals surface area contributed by atoms with E-state index >= 15 is 0 Å². The first-order valence-electron chi connectivity index (χ1n) is 2.84. The van der Waals surface area contributed by atoms with Crippen molar-refractivity contribution in [2.75, 3.05) is 0 Å². The molecule has 1 aromatic rings. The Bertz CT molecular complexity index is 176. The van der Waals surface area contributed by atoms with Crippen molar-refractivity contribution in [3.8, 4) is 0 Å². The number of alkyl halides is 1. The van der Waals surface area contributed by atoms with Gasteiger partial charge in [-0.15, -0.1) is 12.4 Å². The molecule has 0 radical (unpaired) electrons. The van der Waals surface area contributed by atoms with Crippen molar-refractivity contribution in [3.05, 3.63) is 30.1 Å². The van der Waals surface area contributed by atoms with Gasteiger partial charge in [0.15, 0.2) is 0 Å². The highest BCUT2D eigenvalue weighted by Crippen LogP contribution is 2.19. The van der Waals surface area contributed by atoms with Gasteiger partial charge in [-0.05, 0) is 18.6 Å². The number of rotatable bonds is 1. The van der Waals surface area contributed by atoms with Gasteiger partial charge in [-0.25, -0.2) is 0 Å². The third-order valence-corrected chi connectivity index (χ3v) is 1.67. The van der Waals surface area contributed by atoms with E-state index in [-0.39, 0.29) is 12.4 Å². The first kappa shape index (κ1) is 9.92. The van der Waals surface area contributed by atoms with Gasteiger partial charge in [0.25, 0.3) is 0 Å². The van der Waals surface area contributed by atoms with Crippen molar-refractivity contribution in [2.45, 2.75) is 11.8 Å². The highest BCUT2D eigenvalue weighted by molar-refractivity contribution is 9.09. The van der Waals surface area contributed by atoms with Crippen LogP contribution in [-0.2, 0) is 0 Å². The molecular formula is C7H9BrClN. The molecule has 0 bridgehead atoms. The molecule has 0 fully saturated rings. The van der Waals surface area contributed by atoms with Gasteiger partial charge < -0.3 is 0 Å². The lowest BCUT2D eigenvalue weighted by Crippen LogP contribution is -1.82.